The fourth-order valence-electron chi connectivity index (χ4n) is 1.93. The van der Waals surface area contributed by atoms with Crippen molar-refractivity contribution in [3.8, 4) is 0 Å². The number of hydrogen-bond acceptors (Lipinski definition) is 5. The van der Waals surface area contributed by atoms with Gasteiger partial charge in [0.1, 0.15) is 12.4 Å². The first-order chi connectivity index (χ1) is 9.15. The van der Waals surface area contributed by atoms with Crippen LogP contribution in [-0.2, 0) is 11.3 Å². The van der Waals surface area contributed by atoms with Crippen molar-refractivity contribution in [1.82, 2.24) is 9.97 Å². The molecule has 0 bridgehead atoms. The van der Waals surface area contributed by atoms with Crippen LogP contribution in [0.15, 0.2) is 6.07 Å². The highest BCUT2D eigenvalue weighted by atomic mass is 16.5. The second kappa shape index (κ2) is 8.82. The minimum absolute atomic E-state index is 0.246. The van der Waals surface area contributed by atoms with E-state index in [1.165, 1.54) is 25.7 Å². The maximum atomic E-state index is 5.77. The number of nitrogens with zero attached hydrogens (tertiary/aromatic N) is 2. The van der Waals surface area contributed by atoms with E-state index >= 15 is 0 Å². The van der Waals surface area contributed by atoms with Gasteiger partial charge in [0.05, 0.1) is 6.10 Å². The van der Waals surface area contributed by atoms with Gasteiger partial charge in [0.25, 0.3) is 0 Å². The molecule has 108 valence electrons. The zero-order chi connectivity index (χ0) is 14.1. The molecule has 5 heteroatoms. The Morgan fingerprint density at radius 1 is 1.32 bits per heavy atom. The van der Waals surface area contributed by atoms with E-state index < -0.39 is 0 Å². The van der Waals surface area contributed by atoms with Crippen LogP contribution in [0.4, 0.5) is 5.82 Å². The predicted molar refractivity (Wildman–Crippen MR) is 77.6 cm³/mol. The number of hydrogen-bond donors (Lipinski definition) is 2. The van der Waals surface area contributed by atoms with Gasteiger partial charge in [-0.05, 0) is 20.3 Å². The van der Waals surface area contributed by atoms with Crippen molar-refractivity contribution in [3.63, 3.8) is 0 Å². The monoisotopic (exact) mass is 266 g/mol. The molecule has 0 spiro atoms. The molecule has 1 aromatic heterocycles. The molecule has 0 aliphatic rings. The molecule has 19 heavy (non-hydrogen) atoms. The first-order valence-corrected chi connectivity index (χ1v) is 7.08. The Labute approximate surface area is 115 Å². The molecule has 1 heterocycles. The lowest BCUT2D eigenvalue weighted by Gasteiger charge is -2.13. The summed E-state index contributed by atoms with van der Waals surface area (Å²) in [6, 6.07) is 1.80. The molecule has 0 saturated heterocycles. The van der Waals surface area contributed by atoms with Crippen LogP contribution in [0, 0.1) is 6.92 Å². The lowest BCUT2D eigenvalue weighted by Crippen LogP contribution is -2.13. The van der Waals surface area contributed by atoms with Crippen LogP contribution in [0.5, 0.6) is 0 Å². The molecule has 0 fully saturated rings. The Kier molecular flexibility index (Phi) is 7.36. The maximum absolute atomic E-state index is 5.77. The number of hydrazine groups is 1. The van der Waals surface area contributed by atoms with Gasteiger partial charge in [-0.2, -0.15) is 0 Å². The summed E-state index contributed by atoms with van der Waals surface area (Å²) in [6.45, 7) is 6.67. The number of aromatic nitrogens is 2. The molecule has 0 aliphatic carbocycles. The van der Waals surface area contributed by atoms with Gasteiger partial charge in [-0.25, -0.2) is 15.8 Å². The number of nitrogens with one attached hydrogen (secondary N) is 1. The molecule has 5 nitrogen and oxygen atoms in total. The van der Waals surface area contributed by atoms with E-state index in [2.05, 4.69) is 29.2 Å². The Hall–Kier alpha value is -1.20. The normalized spacial score (nSPS) is 12.4. The minimum Gasteiger partial charge on any atom is -0.371 e. The van der Waals surface area contributed by atoms with Gasteiger partial charge < -0.3 is 10.2 Å². The van der Waals surface area contributed by atoms with Crippen LogP contribution >= 0.6 is 0 Å². The number of ether oxygens (including phenoxy) is 1. The van der Waals surface area contributed by atoms with Crippen LogP contribution in [0.3, 0.4) is 0 Å². The van der Waals surface area contributed by atoms with E-state index in [0.29, 0.717) is 18.2 Å². The molecule has 1 atom stereocenters. The summed E-state index contributed by atoms with van der Waals surface area (Å²) in [5.41, 5.74) is 3.42. The molecule has 0 aliphatic heterocycles. The predicted octanol–water partition coefficient (Wildman–Crippen LogP) is 2.95. The zero-order valence-electron chi connectivity index (χ0n) is 12.3. The highest BCUT2D eigenvalue weighted by Gasteiger charge is 2.06. The molecule has 1 rings (SSSR count). The molecule has 1 unspecified atom stereocenters. The summed E-state index contributed by atoms with van der Waals surface area (Å²) in [5, 5.41) is 0. The number of nitrogen functional groups attached to an aromatic ring is 1. The van der Waals surface area contributed by atoms with Crippen molar-refractivity contribution in [1.29, 1.82) is 0 Å². The number of unbranched alkanes of at least 4 members (excludes halogenated alkanes) is 3. The lowest BCUT2D eigenvalue weighted by atomic mass is 10.1. The van der Waals surface area contributed by atoms with Gasteiger partial charge in [-0.3, -0.25) is 0 Å². The summed E-state index contributed by atoms with van der Waals surface area (Å²) in [7, 11) is 0. The molecule has 3 N–H and O–H groups in total. The van der Waals surface area contributed by atoms with Gasteiger partial charge in [0.15, 0.2) is 5.82 Å². The summed E-state index contributed by atoms with van der Waals surface area (Å²) in [6.07, 6.45) is 6.41. The molecule has 0 amide bonds. The number of aryl methyl sites for hydroxylation is 1. The SMILES string of the molecule is CCCCCCC(C)OCc1nc(C)cc(NN)n1. The molecular formula is C14H26N4O. The summed E-state index contributed by atoms with van der Waals surface area (Å²) >= 11 is 0. The van der Waals surface area contributed by atoms with E-state index in [4.69, 9.17) is 10.6 Å². The molecule has 0 saturated carbocycles. The Morgan fingerprint density at radius 3 is 2.79 bits per heavy atom. The Morgan fingerprint density at radius 2 is 2.11 bits per heavy atom. The lowest BCUT2D eigenvalue weighted by molar-refractivity contribution is 0.0419. The van der Waals surface area contributed by atoms with Crippen LogP contribution in [0.25, 0.3) is 0 Å². The third kappa shape index (κ3) is 6.50. The summed E-state index contributed by atoms with van der Waals surface area (Å²) in [5.74, 6) is 6.66. The number of anilines is 1. The van der Waals surface area contributed by atoms with E-state index in [1.807, 2.05) is 6.92 Å². The minimum atomic E-state index is 0.246. The van der Waals surface area contributed by atoms with E-state index in [1.54, 1.807) is 6.07 Å². The fourth-order valence-corrected chi connectivity index (χ4v) is 1.93. The van der Waals surface area contributed by atoms with Gasteiger partial charge in [0, 0.05) is 11.8 Å². The van der Waals surface area contributed by atoms with Crippen molar-refractivity contribution in [3.05, 3.63) is 17.6 Å². The van der Waals surface area contributed by atoms with Gasteiger partial charge in [-0.15, -0.1) is 0 Å². The molecular weight excluding hydrogens is 240 g/mol. The van der Waals surface area contributed by atoms with Crippen LogP contribution < -0.4 is 11.3 Å². The average Bonchev–Trinajstić information content (AvgIpc) is 2.40. The third-order valence-corrected chi connectivity index (χ3v) is 3.01. The highest BCUT2D eigenvalue weighted by Crippen LogP contribution is 2.10. The van der Waals surface area contributed by atoms with Gasteiger partial charge in [0.2, 0.25) is 0 Å². The second-order valence-electron chi connectivity index (χ2n) is 4.93. The first kappa shape index (κ1) is 15.9. The molecule has 0 radical (unpaired) electrons. The third-order valence-electron chi connectivity index (χ3n) is 3.01. The standard InChI is InChI=1S/C14H26N4O/c1-4-5-6-7-8-12(3)19-10-14-16-11(2)9-13(17-14)18-15/h9,12H,4-8,10,15H2,1-3H3,(H,16,17,18). The topological polar surface area (TPSA) is 73.1 Å². The van der Waals surface area contributed by atoms with Crippen molar-refractivity contribution in [2.75, 3.05) is 5.43 Å². The van der Waals surface area contributed by atoms with E-state index in [9.17, 15) is 0 Å². The molecule has 1 aromatic rings. The zero-order valence-corrected chi connectivity index (χ0v) is 12.3. The Bertz CT molecular complexity index is 370. The molecule has 0 aromatic carbocycles. The maximum Gasteiger partial charge on any atom is 0.156 e. The van der Waals surface area contributed by atoms with E-state index in [0.717, 1.165) is 12.1 Å². The number of nitrogens with two attached hydrogens (primary N) is 1. The van der Waals surface area contributed by atoms with Gasteiger partial charge in [-0.1, -0.05) is 32.6 Å². The number of rotatable bonds is 9. The van der Waals surface area contributed by atoms with Crippen LogP contribution in [-0.4, -0.2) is 16.1 Å². The summed E-state index contributed by atoms with van der Waals surface area (Å²) < 4.78 is 5.77. The van der Waals surface area contributed by atoms with E-state index in [-0.39, 0.29) is 6.10 Å². The largest absolute Gasteiger partial charge is 0.371 e. The van der Waals surface area contributed by atoms with Crippen LogP contribution in [0.1, 0.15) is 57.5 Å². The Balaban J connectivity index is 2.33. The fraction of sp³-hybridized carbons (Fsp3) is 0.714. The second-order valence-corrected chi connectivity index (χ2v) is 4.93. The smallest absolute Gasteiger partial charge is 0.156 e. The highest BCUT2D eigenvalue weighted by molar-refractivity contribution is 5.33. The van der Waals surface area contributed by atoms with Crippen molar-refractivity contribution >= 4 is 5.82 Å². The van der Waals surface area contributed by atoms with Gasteiger partial charge >= 0.3 is 0 Å². The quantitative estimate of drug-likeness (QED) is 0.408. The van der Waals surface area contributed by atoms with Crippen LogP contribution in [0.2, 0.25) is 0 Å². The van der Waals surface area contributed by atoms with Crippen molar-refractivity contribution in [2.45, 2.75) is 65.6 Å². The average molecular weight is 266 g/mol. The summed E-state index contributed by atoms with van der Waals surface area (Å²) in [4.78, 5) is 8.59. The van der Waals surface area contributed by atoms with Crippen molar-refractivity contribution < 1.29 is 4.74 Å². The van der Waals surface area contributed by atoms with Crippen molar-refractivity contribution in [2.24, 2.45) is 5.84 Å². The first-order valence-electron chi connectivity index (χ1n) is 7.08.